The quantitative estimate of drug-likeness (QED) is 0.736. The second-order valence-corrected chi connectivity index (χ2v) is 4.10. The molecule has 0 saturated carbocycles. The van der Waals surface area contributed by atoms with Gasteiger partial charge in [0.05, 0.1) is 13.1 Å². The predicted octanol–water partition coefficient (Wildman–Crippen LogP) is 0.772. The molecular weight excluding hydrogens is 220 g/mol. The molecule has 0 aliphatic heterocycles. The van der Waals surface area contributed by atoms with Gasteiger partial charge in [0.1, 0.15) is 0 Å². The summed E-state index contributed by atoms with van der Waals surface area (Å²) >= 11 is 0. The molecule has 1 atom stereocenters. The monoisotopic (exact) mass is 240 g/mol. The Morgan fingerprint density at radius 2 is 2.29 bits per heavy atom. The first kappa shape index (κ1) is 13.6. The van der Waals surface area contributed by atoms with Gasteiger partial charge in [-0.3, -0.25) is 10.1 Å². The lowest BCUT2D eigenvalue weighted by Gasteiger charge is -2.12. The van der Waals surface area contributed by atoms with Crippen molar-refractivity contribution in [1.29, 1.82) is 0 Å². The fourth-order valence-electron chi connectivity index (χ4n) is 1.53. The zero-order valence-corrected chi connectivity index (χ0v) is 10.6. The first-order valence-electron chi connectivity index (χ1n) is 5.91. The van der Waals surface area contributed by atoms with Crippen molar-refractivity contribution in [2.45, 2.75) is 46.2 Å². The van der Waals surface area contributed by atoms with E-state index in [1.54, 1.807) is 6.92 Å². The standard InChI is InChI=1S/C11H20N4O2/c1-4-5-8(2)13-10(16)6-12-7-11-14-9(3)15-17-11/h8,12H,4-7H2,1-3H3,(H,13,16). The average Bonchev–Trinajstić information content (AvgIpc) is 2.64. The van der Waals surface area contributed by atoms with Crippen molar-refractivity contribution in [2.75, 3.05) is 6.54 Å². The summed E-state index contributed by atoms with van der Waals surface area (Å²) in [7, 11) is 0. The molecule has 0 fully saturated rings. The fourth-order valence-corrected chi connectivity index (χ4v) is 1.53. The molecule has 0 saturated heterocycles. The number of amides is 1. The second kappa shape index (κ2) is 7.01. The summed E-state index contributed by atoms with van der Waals surface area (Å²) in [6.45, 7) is 6.53. The lowest BCUT2D eigenvalue weighted by Crippen LogP contribution is -2.38. The highest BCUT2D eigenvalue weighted by molar-refractivity contribution is 5.78. The number of carbonyl (C=O) groups is 1. The lowest BCUT2D eigenvalue weighted by molar-refractivity contribution is -0.120. The summed E-state index contributed by atoms with van der Waals surface area (Å²) in [6.07, 6.45) is 2.06. The van der Waals surface area contributed by atoms with Crippen LogP contribution in [-0.2, 0) is 11.3 Å². The van der Waals surface area contributed by atoms with Gasteiger partial charge in [-0.25, -0.2) is 0 Å². The summed E-state index contributed by atoms with van der Waals surface area (Å²) in [5, 5.41) is 9.52. The van der Waals surface area contributed by atoms with Crippen molar-refractivity contribution >= 4 is 5.91 Å². The van der Waals surface area contributed by atoms with Crippen LogP contribution < -0.4 is 10.6 Å². The van der Waals surface area contributed by atoms with E-state index in [0.29, 0.717) is 18.3 Å². The van der Waals surface area contributed by atoms with Crippen molar-refractivity contribution in [1.82, 2.24) is 20.8 Å². The molecule has 17 heavy (non-hydrogen) atoms. The van der Waals surface area contributed by atoms with Crippen LogP contribution in [0.5, 0.6) is 0 Å². The van der Waals surface area contributed by atoms with Crippen molar-refractivity contribution in [3.05, 3.63) is 11.7 Å². The third-order valence-electron chi connectivity index (χ3n) is 2.26. The summed E-state index contributed by atoms with van der Waals surface area (Å²) in [5.74, 6) is 1.09. The highest BCUT2D eigenvalue weighted by atomic mass is 16.5. The summed E-state index contributed by atoms with van der Waals surface area (Å²) in [4.78, 5) is 15.5. The van der Waals surface area contributed by atoms with E-state index in [1.807, 2.05) is 6.92 Å². The van der Waals surface area contributed by atoms with Gasteiger partial charge in [0.15, 0.2) is 5.82 Å². The Morgan fingerprint density at radius 1 is 1.53 bits per heavy atom. The molecule has 96 valence electrons. The maximum absolute atomic E-state index is 11.5. The Bertz CT molecular complexity index is 351. The Kier molecular flexibility index (Phi) is 5.62. The zero-order chi connectivity index (χ0) is 12.7. The average molecular weight is 240 g/mol. The molecule has 0 aliphatic carbocycles. The molecule has 1 aromatic rings. The van der Waals surface area contributed by atoms with Crippen molar-refractivity contribution in [2.24, 2.45) is 0 Å². The molecule has 1 unspecified atom stereocenters. The maximum Gasteiger partial charge on any atom is 0.240 e. The molecule has 0 bridgehead atoms. The van der Waals surface area contributed by atoms with E-state index >= 15 is 0 Å². The van der Waals surface area contributed by atoms with E-state index in [4.69, 9.17) is 4.52 Å². The third kappa shape index (κ3) is 5.44. The largest absolute Gasteiger partial charge is 0.353 e. The smallest absolute Gasteiger partial charge is 0.240 e. The molecule has 0 radical (unpaired) electrons. The number of nitrogens with zero attached hydrogens (tertiary/aromatic N) is 2. The van der Waals surface area contributed by atoms with Crippen molar-refractivity contribution < 1.29 is 9.32 Å². The molecule has 6 heteroatoms. The van der Waals surface area contributed by atoms with E-state index in [-0.39, 0.29) is 18.5 Å². The van der Waals surface area contributed by atoms with E-state index in [2.05, 4.69) is 27.7 Å². The van der Waals surface area contributed by atoms with Crippen LogP contribution >= 0.6 is 0 Å². The van der Waals surface area contributed by atoms with Crippen LogP contribution in [0.1, 0.15) is 38.4 Å². The SMILES string of the molecule is CCCC(C)NC(=O)CNCc1nc(C)no1. The molecule has 6 nitrogen and oxygen atoms in total. The van der Waals surface area contributed by atoms with Crippen LogP contribution in [0.25, 0.3) is 0 Å². The Hall–Kier alpha value is -1.43. The molecule has 2 N–H and O–H groups in total. The molecule has 0 spiro atoms. The van der Waals surface area contributed by atoms with Gasteiger partial charge < -0.3 is 9.84 Å². The summed E-state index contributed by atoms with van der Waals surface area (Å²) in [5.41, 5.74) is 0. The molecule has 0 aliphatic rings. The van der Waals surface area contributed by atoms with Gasteiger partial charge >= 0.3 is 0 Å². The number of nitrogens with one attached hydrogen (secondary N) is 2. The third-order valence-corrected chi connectivity index (χ3v) is 2.26. The van der Waals surface area contributed by atoms with E-state index < -0.39 is 0 Å². The van der Waals surface area contributed by atoms with Crippen LogP contribution in [0.4, 0.5) is 0 Å². The van der Waals surface area contributed by atoms with Gasteiger partial charge in [-0.15, -0.1) is 0 Å². The van der Waals surface area contributed by atoms with Gasteiger partial charge in [-0.2, -0.15) is 4.98 Å². The first-order valence-corrected chi connectivity index (χ1v) is 5.91. The lowest BCUT2D eigenvalue weighted by atomic mass is 10.2. The van der Waals surface area contributed by atoms with E-state index in [1.165, 1.54) is 0 Å². The van der Waals surface area contributed by atoms with Crippen molar-refractivity contribution in [3.8, 4) is 0 Å². The van der Waals surface area contributed by atoms with Gasteiger partial charge in [0.25, 0.3) is 0 Å². The van der Waals surface area contributed by atoms with E-state index in [0.717, 1.165) is 12.8 Å². The van der Waals surface area contributed by atoms with Crippen LogP contribution in [-0.4, -0.2) is 28.6 Å². The number of aryl methyl sites for hydroxylation is 1. The molecule has 0 aromatic carbocycles. The normalized spacial score (nSPS) is 12.4. The van der Waals surface area contributed by atoms with Crippen LogP contribution in [0, 0.1) is 6.92 Å². The van der Waals surface area contributed by atoms with Gasteiger partial charge in [0, 0.05) is 6.04 Å². The summed E-state index contributed by atoms with van der Waals surface area (Å²) < 4.78 is 4.91. The number of hydrogen-bond donors (Lipinski definition) is 2. The Labute approximate surface area is 101 Å². The minimum Gasteiger partial charge on any atom is -0.353 e. The Morgan fingerprint density at radius 3 is 2.88 bits per heavy atom. The van der Waals surface area contributed by atoms with Crippen molar-refractivity contribution in [3.63, 3.8) is 0 Å². The minimum absolute atomic E-state index is 0.0119. The maximum atomic E-state index is 11.5. The number of carbonyl (C=O) groups excluding carboxylic acids is 1. The molecule has 1 amide bonds. The topological polar surface area (TPSA) is 80.0 Å². The highest BCUT2D eigenvalue weighted by Crippen LogP contribution is 1.95. The van der Waals surface area contributed by atoms with Gasteiger partial charge in [0.2, 0.25) is 11.8 Å². The minimum atomic E-state index is -0.0119. The molecule has 1 aromatic heterocycles. The molecule has 1 heterocycles. The van der Waals surface area contributed by atoms with E-state index in [9.17, 15) is 4.79 Å². The first-order chi connectivity index (χ1) is 8.11. The number of rotatable bonds is 7. The van der Waals surface area contributed by atoms with Gasteiger partial charge in [-0.1, -0.05) is 18.5 Å². The molecular formula is C11H20N4O2. The van der Waals surface area contributed by atoms with Crippen LogP contribution in [0.2, 0.25) is 0 Å². The zero-order valence-electron chi connectivity index (χ0n) is 10.6. The fraction of sp³-hybridized carbons (Fsp3) is 0.727. The van der Waals surface area contributed by atoms with Gasteiger partial charge in [-0.05, 0) is 20.3 Å². The Balaban J connectivity index is 2.16. The predicted molar refractivity (Wildman–Crippen MR) is 63.3 cm³/mol. The summed E-state index contributed by atoms with van der Waals surface area (Å²) in [6, 6.07) is 0.222. The highest BCUT2D eigenvalue weighted by Gasteiger charge is 2.07. The number of hydrogen-bond acceptors (Lipinski definition) is 5. The molecule has 1 rings (SSSR count). The van der Waals surface area contributed by atoms with Crippen LogP contribution in [0.15, 0.2) is 4.52 Å². The van der Waals surface area contributed by atoms with Crippen LogP contribution in [0.3, 0.4) is 0 Å². The number of aromatic nitrogens is 2. The second-order valence-electron chi connectivity index (χ2n) is 4.10.